The van der Waals surface area contributed by atoms with Gasteiger partial charge in [0.25, 0.3) is 0 Å². The number of carbonyl (C=O) groups is 2. The highest BCUT2D eigenvalue weighted by atomic mass is 16.2. The molecule has 2 amide bonds. The summed E-state index contributed by atoms with van der Waals surface area (Å²) in [6.45, 7) is 5.23. The molecule has 0 saturated carbocycles. The fourth-order valence-corrected chi connectivity index (χ4v) is 2.73. The number of hydrogen-bond donors (Lipinski definition) is 1. The van der Waals surface area contributed by atoms with Crippen molar-refractivity contribution in [2.45, 2.75) is 26.2 Å². The topological polar surface area (TPSA) is 66.6 Å². The van der Waals surface area contributed by atoms with Gasteiger partial charge in [-0.25, -0.2) is 0 Å². The fourth-order valence-electron chi connectivity index (χ4n) is 2.73. The highest BCUT2D eigenvalue weighted by Crippen LogP contribution is 2.10. The number of nitrogens with zero attached hydrogens (tertiary/aromatic N) is 2. The van der Waals surface area contributed by atoms with Crippen molar-refractivity contribution in [3.8, 4) is 0 Å². The van der Waals surface area contributed by atoms with Gasteiger partial charge in [0.05, 0.1) is 6.54 Å². The van der Waals surface area contributed by atoms with Crippen LogP contribution in [0.1, 0.15) is 24.5 Å². The Kier molecular flexibility index (Phi) is 5.95. The van der Waals surface area contributed by atoms with Crippen molar-refractivity contribution in [2.75, 3.05) is 32.7 Å². The van der Waals surface area contributed by atoms with Gasteiger partial charge in [-0.15, -0.1) is 0 Å². The van der Waals surface area contributed by atoms with Crippen LogP contribution < -0.4 is 5.73 Å². The first-order valence-electron chi connectivity index (χ1n) is 7.94. The van der Waals surface area contributed by atoms with Crippen molar-refractivity contribution >= 4 is 11.8 Å². The van der Waals surface area contributed by atoms with Gasteiger partial charge in [-0.1, -0.05) is 31.2 Å². The van der Waals surface area contributed by atoms with E-state index in [0.29, 0.717) is 19.5 Å². The van der Waals surface area contributed by atoms with Crippen LogP contribution in [0.3, 0.4) is 0 Å². The maximum atomic E-state index is 12.2. The average Bonchev–Trinajstić information content (AvgIpc) is 2.53. The Labute approximate surface area is 132 Å². The van der Waals surface area contributed by atoms with Gasteiger partial charge < -0.3 is 10.6 Å². The summed E-state index contributed by atoms with van der Waals surface area (Å²) in [5.74, 6) is -0.117. The van der Waals surface area contributed by atoms with Crippen molar-refractivity contribution in [3.05, 3.63) is 35.4 Å². The zero-order valence-electron chi connectivity index (χ0n) is 13.3. The number of nitrogens with two attached hydrogens (primary N) is 1. The van der Waals surface area contributed by atoms with E-state index in [-0.39, 0.29) is 18.4 Å². The average molecular weight is 303 g/mol. The van der Waals surface area contributed by atoms with Crippen LogP contribution in [0.4, 0.5) is 0 Å². The van der Waals surface area contributed by atoms with Crippen molar-refractivity contribution in [3.63, 3.8) is 0 Å². The molecule has 0 atom stereocenters. The van der Waals surface area contributed by atoms with E-state index >= 15 is 0 Å². The number of aryl methyl sites for hydroxylation is 2. The quantitative estimate of drug-likeness (QED) is 0.846. The molecule has 0 bridgehead atoms. The molecule has 1 aliphatic rings. The number of piperazine rings is 1. The molecule has 22 heavy (non-hydrogen) atoms. The van der Waals surface area contributed by atoms with Gasteiger partial charge in [-0.05, 0) is 24.0 Å². The second-order valence-electron chi connectivity index (χ2n) is 5.79. The molecule has 0 radical (unpaired) electrons. The standard InChI is InChI=1S/C17H25N3O2/c1-2-14-3-5-15(6-4-14)7-8-17(22)20-11-9-19(10-12-20)13-16(18)21/h3-6H,2,7-13H2,1H3,(H2,18,21). The summed E-state index contributed by atoms with van der Waals surface area (Å²) in [6.07, 6.45) is 2.36. The lowest BCUT2D eigenvalue weighted by Gasteiger charge is -2.34. The molecular formula is C17H25N3O2. The molecule has 1 heterocycles. The Morgan fingerprint density at radius 2 is 1.64 bits per heavy atom. The van der Waals surface area contributed by atoms with Gasteiger partial charge in [-0.3, -0.25) is 14.5 Å². The molecular weight excluding hydrogens is 278 g/mol. The number of benzene rings is 1. The third kappa shape index (κ3) is 4.84. The predicted molar refractivity (Wildman–Crippen MR) is 86.4 cm³/mol. The van der Waals surface area contributed by atoms with E-state index in [1.165, 1.54) is 11.1 Å². The van der Waals surface area contributed by atoms with Crippen LogP contribution in [0.25, 0.3) is 0 Å². The van der Waals surface area contributed by atoms with E-state index < -0.39 is 0 Å². The van der Waals surface area contributed by atoms with E-state index in [2.05, 4.69) is 31.2 Å². The number of rotatable bonds is 6. The molecule has 0 spiro atoms. The molecule has 1 fully saturated rings. The summed E-state index contributed by atoms with van der Waals surface area (Å²) in [7, 11) is 0. The van der Waals surface area contributed by atoms with Crippen LogP contribution >= 0.6 is 0 Å². The monoisotopic (exact) mass is 303 g/mol. The van der Waals surface area contributed by atoms with Crippen molar-refractivity contribution in [1.29, 1.82) is 0 Å². The Balaban J connectivity index is 1.74. The van der Waals surface area contributed by atoms with E-state index in [9.17, 15) is 9.59 Å². The first-order chi connectivity index (χ1) is 10.6. The molecule has 2 N–H and O–H groups in total. The Hall–Kier alpha value is -1.88. The van der Waals surface area contributed by atoms with E-state index in [1.54, 1.807) is 0 Å². The molecule has 1 saturated heterocycles. The third-order valence-corrected chi connectivity index (χ3v) is 4.16. The van der Waals surface area contributed by atoms with Gasteiger partial charge >= 0.3 is 0 Å². The van der Waals surface area contributed by atoms with Crippen LogP contribution in [-0.2, 0) is 22.4 Å². The van der Waals surface area contributed by atoms with Gasteiger partial charge in [0, 0.05) is 32.6 Å². The second-order valence-corrected chi connectivity index (χ2v) is 5.79. The van der Waals surface area contributed by atoms with E-state index in [0.717, 1.165) is 25.9 Å². The number of primary amides is 1. The molecule has 0 aromatic heterocycles. The maximum Gasteiger partial charge on any atom is 0.231 e. The Bertz CT molecular complexity index is 505. The van der Waals surface area contributed by atoms with E-state index in [1.807, 2.05) is 9.80 Å². The first-order valence-corrected chi connectivity index (χ1v) is 7.94. The summed E-state index contributed by atoms with van der Waals surface area (Å²) < 4.78 is 0. The predicted octanol–water partition coefficient (Wildman–Crippen LogP) is 0.811. The molecule has 0 aliphatic carbocycles. The Morgan fingerprint density at radius 3 is 2.18 bits per heavy atom. The molecule has 5 nitrogen and oxygen atoms in total. The summed E-state index contributed by atoms with van der Waals surface area (Å²) in [5, 5.41) is 0. The number of amides is 2. The number of hydrogen-bond acceptors (Lipinski definition) is 3. The van der Waals surface area contributed by atoms with E-state index in [4.69, 9.17) is 5.73 Å². The minimum atomic E-state index is -0.310. The van der Waals surface area contributed by atoms with Gasteiger partial charge in [0.15, 0.2) is 0 Å². The summed E-state index contributed by atoms with van der Waals surface area (Å²) >= 11 is 0. The first kappa shape index (κ1) is 16.5. The summed E-state index contributed by atoms with van der Waals surface area (Å²) in [4.78, 5) is 27.0. The van der Waals surface area contributed by atoms with Crippen LogP contribution in [0.5, 0.6) is 0 Å². The Morgan fingerprint density at radius 1 is 1.05 bits per heavy atom. The normalized spacial score (nSPS) is 15.8. The number of carbonyl (C=O) groups excluding carboxylic acids is 2. The van der Waals surface area contributed by atoms with Gasteiger partial charge in [0.2, 0.25) is 11.8 Å². The van der Waals surface area contributed by atoms with Gasteiger partial charge in [0.1, 0.15) is 0 Å². The second kappa shape index (κ2) is 7.94. The molecule has 1 aliphatic heterocycles. The lowest BCUT2D eigenvalue weighted by molar-refractivity contribution is -0.133. The molecule has 5 heteroatoms. The zero-order chi connectivity index (χ0) is 15.9. The van der Waals surface area contributed by atoms with Crippen LogP contribution in [0.15, 0.2) is 24.3 Å². The van der Waals surface area contributed by atoms with Crippen molar-refractivity contribution in [1.82, 2.24) is 9.80 Å². The maximum absolute atomic E-state index is 12.2. The van der Waals surface area contributed by atoms with Gasteiger partial charge in [-0.2, -0.15) is 0 Å². The zero-order valence-corrected chi connectivity index (χ0v) is 13.3. The summed E-state index contributed by atoms with van der Waals surface area (Å²) in [6, 6.07) is 8.47. The minimum Gasteiger partial charge on any atom is -0.369 e. The highest BCUT2D eigenvalue weighted by molar-refractivity contribution is 5.77. The SMILES string of the molecule is CCc1ccc(CCC(=O)N2CCN(CC(N)=O)CC2)cc1. The third-order valence-electron chi connectivity index (χ3n) is 4.16. The lowest BCUT2D eigenvalue weighted by atomic mass is 10.1. The molecule has 0 unspecified atom stereocenters. The largest absolute Gasteiger partial charge is 0.369 e. The fraction of sp³-hybridized carbons (Fsp3) is 0.529. The van der Waals surface area contributed by atoms with Crippen LogP contribution in [0.2, 0.25) is 0 Å². The van der Waals surface area contributed by atoms with Crippen LogP contribution in [0, 0.1) is 0 Å². The van der Waals surface area contributed by atoms with Crippen molar-refractivity contribution in [2.24, 2.45) is 5.73 Å². The van der Waals surface area contributed by atoms with Crippen molar-refractivity contribution < 1.29 is 9.59 Å². The highest BCUT2D eigenvalue weighted by Gasteiger charge is 2.21. The minimum absolute atomic E-state index is 0.193. The summed E-state index contributed by atoms with van der Waals surface area (Å²) in [5.41, 5.74) is 7.72. The smallest absolute Gasteiger partial charge is 0.231 e. The molecule has 120 valence electrons. The lowest BCUT2D eigenvalue weighted by Crippen LogP contribution is -2.50. The molecule has 1 aromatic carbocycles. The molecule has 1 aromatic rings. The molecule has 2 rings (SSSR count). The van der Waals surface area contributed by atoms with Crippen LogP contribution in [-0.4, -0.2) is 54.3 Å².